The summed E-state index contributed by atoms with van der Waals surface area (Å²) in [5.41, 5.74) is 1.70. The largest absolute Gasteiger partial charge is 0.370 e. The van der Waals surface area contributed by atoms with Crippen molar-refractivity contribution in [1.82, 2.24) is 10.3 Å². The third-order valence-electron chi connectivity index (χ3n) is 3.03. The molecule has 1 aromatic rings. The lowest BCUT2D eigenvalue weighted by molar-refractivity contribution is 0.0939. The van der Waals surface area contributed by atoms with E-state index in [1.807, 2.05) is 12.1 Å². The van der Waals surface area contributed by atoms with Crippen molar-refractivity contribution < 1.29 is 4.79 Å². The third-order valence-corrected chi connectivity index (χ3v) is 3.03. The number of rotatable bonds is 6. The van der Waals surface area contributed by atoms with Gasteiger partial charge in [0.2, 0.25) is 0 Å². The van der Waals surface area contributed by atoms with E-state index in [-0.39, 0.29) is 11.3 Å². The van der Waals surface area contributed by atoms with Gasteiger partial charge in [-0.15, -0.1) is 0 Å². The zero-order valence-electron chi connectivity index (χ0n) is 14.2. The summed E-state index contributed by atoms with van der Waals surface area (Å²) in [6.45, 7) is 14.1. The van der Waals surface area contributed by atoms with Crippen molar-refractivity contribution in [2.75, 3.05) is 18.4 Å². The van der Waals surface area contributed by atoms with E-state index >= 15 is 0 Å². The number of anilines is 1. The first-order valence-corrected chi connectivity index (χ1v) is 7.77. The predicted octanol–water partition coefficient (Wildman–Crippen LogP) is 3.80. The van der Waals surface area contributed by atoms with E-state index in [1.165, 1.54) is 0 Å². The van der Waals surface area contributed by atoms with Gasteiger partial charge in [-0.05, 0) is 29.9 Å². The zero-order chi connectivity index (χ0) is 16.0. The molecule has 0 aliphatic carbocycles. The van der Waals surface area contributed by atoms with Gasteiger partial charge in [-0.1, -0.05) is 41.5 Å². The average molecular weight is 291 g/mol. The molecule has 1 amide bonds. The lowest BCUT2D eigenvalue weighted by Crippen LogP contribution is -2.32. The van der Waals surface area contributed by atoms with Crippen LogP contribution in [-0.4, -0.2) is 24.0 Å². The van der Waals surface area contributed by atoms with E-state index in [2.05, 4.69) is 57.2 Å². The first-order chi connectivity index (χ1) is 9.73. The van der Waals surface area contributed by atoms with Gasteiger partial charge in [0.05, 0.1) is 0 Å². The van der Waals surface area contributed by atoms with Crippen molar-refractivity contribution in [3.8, 4) is 0 Å². The maximum atomic E-state index is 12.3. The molecule has 1 aromatic heterocycles. The number of nitrogens with one attached hydrogen (secondary N) is 2. The summed E-state index contributed by atoms with van der Waals surface area (Å²) in [4.78, 5) is 16.9. The van der Waals surface area contributed by atoms with Crippen LogP contribution >= 0.6 is 0 Å². The van der Waals surface area contributed by atoms with E-state index in [0.29, 0.717) is 18.0 Å². The molecule has 0 aromatic carbocycles. The number of nitrogens with zero attached hydrogens (tertiary/aromatic N) is 1. The number of pyridine rings is 1. The van der Waals surface area contributed by atoms with Crippen molar-refractivity contribution >= 4 is 11.7 Å². The number of amides is 1. The first kappa shape index (κ1) is 17.5. The highest BCUT2D eigenvalue weighted by molar-refractivity contribution is 5.95. The summed E-state index contributed by atoms with van der Waals surface area (Å²) in [5, 5.41) is 6.26. The molecule has 0 aliphatic rings. The fraction of sp³-hybridized carbons (Fsp3) is 0.647. The molecule has 0 unspecified atom stereocenters. The third kappa shape index (κ3) is 6.15. The van der Waals surface area contributed by atoms with E-state index in [1.54, 1.807) is 0 Å². The monoisotopic (exact) mass is 291 g/mol. The summed E-state index contributed by atoms with van der Waals surface area (Å²) in [6.07, 6.45) is 1.03. The number of aromatic nitrogens is 1. The molecular formula is C17H29N3O. The molecule has 1 heterocycles. The number of hydrogen-bond acceptors (Lipinski definition) is 3. The van der Waals surface area contributed by atoms with Crippen LogP contribution in [0.1, 0.15) is 69.9 Å². The Morgan fingerprint density at radius 1 is 1.29 bits per heavy atom. The minimum Gasteiger partial charge on any atom is -0.370 e. The molecule has 0 radical (unpaired) electrons. The van der Waals surface area contributed by atoms with Crippen LogP contribution in [0, 0.1) is 5.41 Å². The molecular weight excluding hydrogens is 262 g/mol. The van der Waals surface area contributed by atoms with Crippen LogP contribution in [0.2, 0.25) is 0 Å². The normalized spacial score (nSPS) is 11.6. The summed E-state index contributed by atoms with van der Waals surface area (Å²) in [6, 6.07) is 3.72. The smallest absolute Gasteiger partial charge is 0.251 e. The molecule has 0 atom stereocenters. The van der Waals surface area contributed by atoms with E-state index < -0.39 is 0 Å². The fourth-order valence-electron chi connectivity index (χ4n) is 1.77. The molecule has 2 N–H and O–H groups in total. The Balaban J connectivity index is 2.93. The van der Waals surface area contributed by atoms with Gasteiger partial charge in [0.25, 0.3) is 5.91 Å². The highest BCUT2D eigenvalue weighted by atomic mass is 16.1. The van der Waals surface area contributed by atoms with Crippen LogP contribution in [0.3, 0.4) is 0 Å². The summed E-state index contributed by atoms with van der Waals surface area (Å²) in [7, 11) is 0. The van der Waals surface area contributed by atoms with Crippen LogP contribution in [0.25, 0.3) is 0 Å². The van der Waals surface area contributed by atoms with Crippen molar-refractivity contribution in [2.24, 2.45) is 5.41 Å². The molecule has 0 bridgehead atoms. The fourth-order valence-corrected chi connectivity index (χ4v) is 1.77. The topological polar surface area (TPSA) is 54.0 Å². The van der Waals surface area contributed by atoms with Crippen LogP contribution < -0.4 is 10.6 Å². The van der Waals surface area contributed by atoms with Gasteiger partial charge >= 0.3 is 0 Å². The Morgan fingerprint density at radius 2 is 1.95 bits per heavy atom. The van der Waals surface area contributed by atoms with Crippen molar-refractivity contribution in [1.29, 1.82) is 0 Å². The predicted molar refractivity (Wildman–Crippen MR) is 88.9 cm³/mol. The minimum atomic E-state index is -0.0335. The second-order valence-corrected chi connectivity index (χ2v) is 6.99. The van der Waals surface area contributed by atoms with Crippen LogP contribution in [0.5, 0.6) is 0 Å². The van der Waals surface area contributed by atoms with Crippen molar-refractivity contribution in [3.63, 3.8) is 0 Å². The van der Waals surface area contributed by atoms with Gasteiger partial charge in [0, 0.05) is 24.3 Å². The standard InChI is InChI=1S/C17H29N3O/c1-7-8-18-15-10-13(9-14(20-15)12(2)3)16(21)19-11-17(4,5)6/h9-10,12H,7-8,11H2,1-6H3,(H,18,20)(H,19,21). The van der Waals surface area contributed by atoms with E-state index in [4.69, 9.17) is 0 Å². The molecule has 1 rings (SSSR count). The number of carbonyl (C=O) groups is 1. The summed E-state index contributed by atoms with van der Waals surface area (Å²) >= 11 is 0. The molecule has 0 saturated heterocycles. The van der Waals surface area contributed by atoms with Gasteiger partial charge in [-0.25, -0.2) is 4.98 Å². The van der Waals surface area contributed by atoms with E-state index in [0.717, 1.165) is 24.5 Å². The Bertz CT molecular complexity index is 475. The average Bonchev–Trinajstić information content (AvgIpc) is 2.41. The maximum Gasteiger partial charge on any atom is 0.251 e. The highest BCUT2D eigenvalue weighted by Crippen LogP contribution is 2.18. The molecule has 21 heavy (non-hydrogen) atoms. The molecule has 0 fully saturated rings. The first-order valence-electron chi connectivity index (χ1n) is 7.77. The molecule has 4 nitrogen and oxygen atoms in total. The number of hydrogen-bond donors (Lipinski definition) is 2. The van der Waals surface area contributed by atoms with Crippen LogP contribution in [0.15, 0.2) is 12.1 Å². The zero-order valence-corrected chi connectivity index (χ0v) is 14.2. The molecule has 0 aliphatic heterocycles. The van der Waals surface area contributed by atoms with Gasteiger partial charge in [-0.2, -0.15) is 0 Å². The molecule has 0 saturated carbocycles. The van der Waals surface area contributed by atoms with Crippen molar-refractivity contribution in [2.45, 2.75) is 53.9 Å². The molecule has 0 spiro atoms. The Kier molecular flexibility index (Phi) is 6.19. The number of carbonyl (C=O) groups excluding carboxylic acids is 1. The lowest BCUT2D eigenvalue weighted by atomic mass is 9.97. The Morgan fingerprint density at radius 3 is 2.48 bits per heavy atom. The Labute approximate surface area is 128 Å². The van der Waals surface area contributed by atoms with Gasteiger partial charge in [0.15, 0.2) is 0 Å². The minimum absolute atomic E-state index is 0.0335. The van der Waals surface area contributed by atoms with Crippen molar-refractivity contribution in [3.05, 3.63) is 23.4 Å². The second-order valence-electron chi connectivity index (χ2n) is 6.99. The Hall–Kier alpha value is -1.58. The second kappa shape index (κ2) is 7.43. The maximum absolute atomic E-state index is 12.3. The van der Waals surface area contributed by atoms with Gasteiger partial charge in [-0.3, -0.25) is 4.79 Å². The van der Waals surface area contributed by atoms with Crippen LogP contribution in [0.4, 0.5) is 5.82 Å². The van der Waals surface area contributed by atoms with E-state index in [9.17, 15) is 4.79 Å². The molecule has 4 heteroatoms. The summed E-state index contributed by atoms with van der Waals surface area (Å²) in [5.74, 6) is 1.04. The molecule has 118 valence electrons. The quantitative estimate of drug-likeness (QED) is 0.838. The van der Waals surface area contributed by atoms with Gasteiger partial charge < -0.3 is 10.6 Å². The highest BCUT2D eigenvalue weighted by Gasteiger charge is 2.15. The SMILES string of the molecule is CCCNc1cc(C(=O)NCC(C)(C)C)cc(C(C)C)n1. The van der Waals surface area contributed by atoms with Gasteiger partial charge in [0.1, 0.15) is 5.82 Å². The summed E-state index contributed by atoms with van der Waals surface area (Å²) < 4.78 is 0. The lowest BCUT2D eigenvalue weighted by Gasteiger charge is -2.19. The van der Waals surface area contributed by atoms with Crippen LogP contribution in [-0.2, 0) is 0 Å².